The van der Waals surface area contributed by atoms with Crippen LogP contribution in [0.25, 0.3) is 0 Å². The average Bonchev–Trinajstić information content (AvgIpc) is 2.25. The molecule has 15 heavy (non-hydrogen) atoms. The second-order valence-corrected chi connectivity index (χ2v) is 3.80. The van der Waals surface area contributed by atoms with Gasteiger partial charge in [0.1, 0.15) is 5.75 Å². The lowest BCUT2D eigenvalue weighted by Crippen LogP contribution is -2.32. The second-order valence-electron chi connectivity index (χ2n) is 3.80. The monoisotopic (exact) mass is 208 g/mol. The number of nitrogens with zero attached hydrogens (tertiary/aromatic N) is 1. The molecule has 3 heteroatoms. The normalized spacial score (nSPS) is 12.9. The van der Waals surface area contributed by atoms with Crippen LogP contribution in [0, 0.1) is 0 Å². The maximum absolute atomic E-state index is 5.84. The minimum absolute atomic E-state index is 0.123. The van der Waals surface area contributed by atoms with Gasteiger partial charge in [0.15, 0.2) is 6.23 Å². The van der Waals surface area contributed by atoms with E-state index in [1.165, 1.54) is 0 Å². The lowest BCUT2D eigenvalue weighted by Gasteiger charge is -2.24. The van der Waals surface area contributed by atoms with Crippen LogP contribution >= 0.6 is 0 Å². The van der Waals surface area contributed by atoms with Crippen LogP contribution in [-0.2, 0) is 6.54 Å². The third kappa shape index (κ3) is 3.53. The summed E-state index contributed by atoms with van der Waals surface area (Å²) in [5.41, 5.74) is 6.67. The zero-order valence-electron chi connectivity index (χ0n) is 9.73. The van der Waals surface area contributed by atoms with Gasteiger partial charge in [0.2, 0.25) is 0 Å². The van der Waals surface area contributed by atoms with E-state index in [0.717, 1.165) is 17.7 Å². The first-order valence-corrected chi connectivity index (χ1v) is 5.29. The molecule has 0 saturated heterocycles. The fraction of sp³-hybridized carbons (Fsp3) is 0.500. The Kier molecular flexibility index (Phi) is 4.59. The smallest absolute Gasteiger partial charge is 0.151 e. The van der Waals surface area contributed by atoms with Crippen LogP contribution in [-0.4, -0.2) is 25.2 Å². The molecule has 0 radical (unpaired) electrons. The Hall–Kier alpha value is -1.06. The van der Waals surface area contributed by atoms with Crippen LogP contribution in [0.15, 0.2) is 24.3 Å². The predicted octanol–water partition coefficient (Wildman–Crippen LogP) is 1.82. The van der Waals surface area contributed by atoms with Crippen LogP contribution in [0.3, 0.4) is 0 Å². The van der Waals surface area contributed by atoms with Crippen LogP contribution in [0.2, 0.25) is 0 Å². The molecular formula is C12H20N2O. The molecule has 0 spiro atoms. The summed E-state index contributed by atoms with van der Waals surface area (Å²) in [6.45, 7) is 2.66. The van der Waals surface area contributed by atoms with E-state index in [0.29, 0.717) is 6.54 Å². The molecule has 2 N–H and O–H groups in total. The zero-order chi connectivity index (χ0) is 11.3. The van der Waals surface area contributed by atoms with Gasteiger partial charge in [0.25, 0.3) is 0 Å². The number of ether oxygens (including phenoxy) is 1. The molecule has 1 aromatic rings. The molecule has 0 heterocycles. The van der Waals surface area contributed by atoms with Crippen LogP contribution in [0.5, 0.6) is 5.75 Å². The molecule has 0 bridgehead atoms. The zero-order valence-corrected chi connectivity index (χ0v) is 9.73. The molecule has 0 fully saturated rings. The average molecular weight is 208 g/mol. The molecular weight excluding hydrogens is 188 g/mol. The van der Waals surface area contributed by atoms with Gasteiger partial charge in [0, 0.05) is 6.54 Å². The topological polar surface area (TPSA) is 38.5 Å². The van der Waals surface area contributed by atoms with E-state index in [1.807, 2.05) is 38.4 Å². The largest absolute Gasteiger partial charge is 0.475 e. The van der Waals surface area contributed by atoms with Gasteiger partial charge >= 0.3 is 0 Å². The van der Waals surface area contributed by atoms with E-state index in [4.69, 9.17) is 10.5 Å². The van der Waals surface area contributed by atoms with E-state index < -0.39 is 0 Å². The third-order valence-corrected chi connectivity index (χ3v) is 2.33. The molecule has 0 aromatic heterocycles. The SMILES string of the molecule is CCC(Oc1cccc(CN)c1)N(C)C. The lowest BCUT2D eigenvalue weighted by molar-refractivity contribution is 0.0612. The number of hydrogen-bond acceptors (Lipinski definition) is 3. The Balaban J connectivity index is 2.70. The first kappa shape index (κ1) is 12.0. The highest BCUT2D eigenvalue weighted by atomic mass is 16.5. The van der Waals surface area contributed by atoms with Crippen molar-refractivity contribution in [1.29, 1.82) is 0 Å². The van der Waals surface area contributed by atoms with Crippen LogP contribution < -0.4 is 10.5 Å². The summed E-state index contributed by atoms with van der Waals surface area (Å²) in [6.07, 6.45) is 1.08. The molecule has 0 saturated carbocycles. The molecule has 0 aliphatic heterocycles. The first-order chi connectivity index (χ1) is 7.17. The third-order valence-electron chi connectivity index (χ3n) is 2.33. The highest BCUT2D eigenvalue weighted by Crippen LogP contribution is 2.16. The molecule has 1 unspecified atom stereocenters. The fourth-order valence-electron chi connectivity index (χ4n) is 1.46. The van der Waals surface area contributed by atoms with Crippen molar-refractivity contribution in [3.05, 3.63) is 29.8 Å². The van der Waals surface area contributed by atoms with E-state index in [9.17, 15) is 0 Å². The Labute approximate surface area is 91.8 Å². The van der Waals surface area contributed by atoms with Gasteiger partial charge in [-0.05, 0) is 38.2 Å². The van der Waals surface area contributed by atoms with Crippen LogP contribution in [0.4, 0.5) is 0 Å². The van der Waals surface area contributed by atoms with Gasteiger partial charge in [-0.2, -0.15) is 0 Å². The summed E-state index contributed by atoms with van der Waals surface area (Å²) in [7, 11) is 4.03. The van der Waals surface area contributed by atoms with Crippen molar-refractivity contribution >= 4 is 0 Å². The maximum Gasteiger partial charge on any atom is 0.151 e. The molecule has 0 aliphatic carbocycles. The molecule has 1 rings (SSSR count). The Bertz CT molecular complexity index is 299. The minimum atomic E-state index is 0.123. The van der Waals surface area contributed by atoms with Crippen molar-refractivity contribution in [3.8, 4) is 5.75 Å². The summed E-state index contributed by atoms with van der Waals surface area (Å²) in [5, 5.41) is 0. The Morgan fingerprint density at radius 2 is 2.13 bits per heavy atom. The van der Waals surface area contributed by atoms with Gasteiger partial charge in [-0.3, -0.25) is 4.90 Å². The highest BCUT2D eigenvalue weighted by Gasteiger charge is 2.09. The number of benzene rings is 1. The van der Waals surface area contributed by atoms with Gasteiger partial charge in [-0.25, -0.2) is 0 Å². The minimum Gasteiger partial charge on any atom is -0.475 e. The highest BCUT2D eigenvalue weighted by molar-refractivity contribution is 5.28. The molecule has 0 aliphatic rings. The van der Waals surface area contributed by atoms with Crippen molar-refractivity contribution in [2.75, 3.05) is 14.1 Å². The van der Waals surface area contributed by atoms with E-state index in [-0.39, 0.29) is 6.23 Å². The van der Waals surface area contributed by atoms with Gasteiger partial charge in [0.05, 0.1) is 0 Å². The molecule has 3 nitrogen and oxygen atoms in total. The van der Waals surface area contributed by atoms with Crippen molar-refractivity contribution in [3.63, 3.8) is 0 Å². The maximum atomic E-state index is 5.84. The van der Waals surface area contributed by atoms with Gasteiger partial charge in [-0.15, -0.1) is 0 Å². The van der Waals surface area contributed by atoms with Crippen molar-refractivity contribution in [2.24, 2.45) is 5.73 Å². The van der Waals surface area contributed by atoms with Gasteiger partial charge < -0.3 is 10.5 Å². The molecule has 1 aromatic carbocycles. The lowest BCUT2D eigenvalue weighted by atomic mass is 10.2. The Morgan fingerprint density at radius 1 is 1.40 bits per heavy atom. The number of nitrogens with two attached hydrogens (primary N) is 1. The van der Waals surface area contributed by atoms with Gasteiger partial charge in [-0.1, -0.05) is 19.1 Å². The van der Waals surface area contributed by atoms with Crippen LogP contribution in [0.1, 0.15) is 18.9 Å². The predicted molar refractivity (Wildman–Crippen MR) is 62.7 cm³/mol. The molecule has 84 valence electrons. The summed E-state index contributed by atoms with van der Waals surface area (Å²) in [4.78, 5) is 2.06. The Morgan fingerprint density at radius 3 is 2.67 bits per heavy atom. The van der Waals surface area contributed by atoms with Crippen molar-refractivity contribution < 1.29 is 4.74 Å². The molecule has 0 amide bonds. The van der Waals surface area contributed by atoms with E-state index in [2.05, 4.69) is 11.8 Å². The summed E-state index contributed by atoms with van der Waals surface area (Å²) in [5.74, 6) is 0.888. The quantitative estimate of drug-likeness (QED) is 0.750. The summed E-state index contributed by atoms with van der Waals surface area (Å²) in [6, 6.07) is 7.93. The van der Waals surface area contributed by atoms with E-state index in [1.54, 1.807) is 0 Å². The van der Waals surface area contributed by atoms with E-state index >= 15 is 0 Å². The van der Waals surface area contributed by atoms with Crippen molar-refractivity contribution in [2.45, 2.75) is 26.1 Å². The number of rotatable bonds is 5. The van der Waals surface area contributed by atoms with Crippen molar-refractivity contribution in [1.82, 2.24) is 4.90 Å². The summed E-state index contributed by atoms with van der Waals surface area (Å²) < 4.78 is 5.84. The number of hydrogen-bond donors (Lipinski definition) is 1. The first-order valence-electron chi connectivity index (χ1n) is 5.29. The molecule has 1 atom stereocenters. The standard InChI is InChI=1S/C12H20N2O/c1-4-12(14(2)3)15-11-7-5-6-10(8-11)9-13/h5-8,12H,4,9,13H2,1-3H3. The summed E-state index contributed by atoms with van der Waals surface area (Å²) >= 11 is 0. The fourth-order valence-corrected chi connectivity index (χ4v) is 1.46. The second kappa shape index (κ2) is 5.73.